The highest BCUT2D eigenvalue weighted by Crippen LogP contribution is 2.17. The maximum Gasteiger partial charge on any atom is 0.154 e. The zero-order valence-electron chi connectivity index (χ0n) is 14.3. The first-order chi connectivity index (χ1) is 12.3. The number of aromatic nitrogens is 2. The third-order valence-electron chi connectivity index (χ3n) is 3.07. The van der Waals surface area contributed by atoms with Gasteiger partial charge in [-0.15, -0.1) is 0 Å². The van der Waals surface area contributed by atoms with Crippen LogP contribution in [0.1, 0.15) is 36.4 Å². The van der Waals surface area contributed by atoms with E-state index in [4.69, 9.17) is 20.7 Å². The van der Waals surface area contributed by atoms with Crippen molar-refractivity contribution in [2.75, 3.05) is 0 Å². The molecule has 0 aromatic carbocycles. The molecule has 2 aromatic heterocycles. The molecule has 136 valence electrons. The molecule has 0 saturated carbocycles. The summed E-state index contributed by atoms with van der Waals surface area (Å²) in [7, 11) is 0. The van der Waals surface area contributed by atoms with Crippen molar-refractivity contribution in [3.8, 4) is 12.1 Å². The number of halogens is 2. The largest absolute Gasteiger partial charge is 0.393 e. The average molecular weight is 482 g/mol. The van der Waals surface area contributed by atoms with Crippen LogP contribution in [0.5, 0.6) is 0 Å². The highest BCUT2D eigenvalue weighted by atomic mass is 79.9. The first-order valence-electron chi connectivity index (χ1n) is 7.72. The van der Waals surface area contributed by atoms with Crippen molar-refractivity contribution in [2.24, 2.45) is 0 Å². The van der Waals surface area contributed by atoms with Gasteiger partial charge in [0.2, 0.25) is 0 Å². The zero-order chi connectivity index (χ0) is 19.7. The van der Waals surface area contributed by atoms with Crippen LogP contribution in [0, 0.1) is 22.7 Å². The Labute approximate surface area is 169 Å². The second-order valence-corrected chi connectivity index (χ2v) is 7.39. The number of hydrogen-bond acceptors (Lipinski definition) is 6. The zero-order valence-corrected chi connectivity index (χ0v) is 17.5. The SMILES string of the molecule is CC(O)Cc1cnc(C#N)c(Br)c1.CC(O)Cc1cnc(C#N)c(Br)c1. The van der Waals surface area contributed by atoms with Gasteiger partial charge >= 0.3 is 0 Å². The molecule has 2 unspecified atom stereocenters. The van der Waals surface area contributed by atoms with Crippen LogP contribution in [-0.4, -0.2) is 32.4 Å². The molecule has 0 aliphatic rings. The van der Waals surface area contributed by atoms with Gasteiger partial charge in [-0.2, -0.15) is 10.5 Å². The van der Waals surface area contributed by atoms with Crippen LogP contribution >= 0.6 is 31.9 Å². The van der Waals surface area contributed by atoms with Crippen molar-refractivity contribution in [1.82, 2.24) is 9.97 Å². The lowest BCUT2D eigenvalue weighted by atomic mass is 10.1. The van der Waals surface area contributed by atoms with Gasteiger partial charge in [0, 0.05) is 12.4 Å². The van der Waals surface area contributed by atoms with E-state index in [1.165, 1.54) is 0 Å². The molecule has 2 atom stereocenters. The van der Waals surface area contributed by atoms with Crippen molar-refractivity contribution >= 4 is 31.9 Å². The Morgan fingerprint density at radius 1 is 0.885 bits per heavy atom. The summed E-state index contributed by atoms with van der Waals surface area (Å²) in [6.07, 6.45) is 3.55. The van der Waals surface area contributed by atoms with Gasteiger partial charge < -0.3 is 10.2 Å². The Hall–Kier alpha value is -1.84. The van der Waals surface area contributed by atoms with Crippen LogP contribution < -0.4 is 0 Å². The molecule has 8 heteroatoms. The molecule has 2 aromatic rings. The van der Waals surface area contributed by atoms with Crippen LogP contribution in [0.15, 0.2) is 33.5 Å². The number of rotatable bonds is 4. The van der Waals surface area contributed by atoms with Crippen molar-refractivity contribution in [3.05, 3.63) is 56.0 Å². The van der Waals surface area contributed by atoms with Crippen LogP contribution in [0.3, 0.4) is 0 Å². The Bertz CT molecular complexity index is 757. The third-order valence-corrected chi connectivity index (χ3v) is 4.28. The summed E-state index contributed by atoms with van der Waals surface area (Å²) in [6.45, 7) is 3.43. The van der Waals surface area contributed by atoms with E-state index < -0.39 is 0 Å². The predicted molar refractivity (Wildman–Crippen MR) is 104 cm³/mol. The smallest absolute Gasteiger partial charge is 0.154 e. The molecule has 0 radical (unpaired) electrons. The quantitative estimate of drug-likeness (QED) is 0.692. The minimum atomic E-state index is -0.387. The standard InChI is InChI=1S/2C9H9BrN2O/c2*1-6(13)2-7-3-8(10)9(4-11)12-5-7/h2*3,5-6,13H,2H2,1H3. The van der Waals surface area contributed by atoms with Crippen LogP contribution in [-0.2, 0) is 12.8 Å². The maximum atomic E-state index is 9.12. The normalized spacial score (nSPS) is 12.2. The van der Waals surface area contributed by atoms with Crippen molar-refractivity contribution < 1.29 is 10.2 Å². The first-order valence-corrected chi connectivity index (χ1v) is 9.30. The molecule has 0 fully saturated rings. The second-order valence-electron chi connectivity index (χ2n) is 5.68. The third kappa shape index (κ3) is 7.59. The first kappa shape index (κ1) is 22.2. The predicted octanol–water partition coefficient (Wildman–Crippen LogP) is 3.28. The van der Waals surface area contributed by atoms with Gasteiger partial charge in [0.25, 0.3) is 0 Å². The number of nitriles is 2. The van der Waals surface area contributed by atoms with Gasteiger partial charge in [-0.25, -0.2) is 9.97 Å². The highest BCUT2D eigenvalue weighted by molar-refractivity contribution is 9.10. The molecule has 6 nitrogen and oxygen atoms in total. The molecule has 2 heterocycles. The molecule has 0 saturated heterocycles. The molecular formula is C18H18Br2N4O2. The van der Waals surface area contributed by atoms with Gasteiger partial charge in [0.05, 0.1) is 21.2 Å². The van der Waals surface area contributed by atoms with E-state index in [2.05, 4.69) is 41.8 Å². The molecular weight excluding hydrogens is 464 g/mol. The van der Waals surface area contributed by atoms with Gasteiger partial charge in [0.1, 0.15) is 12.1 Å². The van der Waals surface area contributed by atoms with Crippen LogP contribution in [0.2, 0.25) is 0 Å². The fraction of sp³-hybridized carbons (Fsp3) is 0.333. The topological polar surface area (TPSA) is 114 Å². The molecule has 0 amide bonds. The number of nitrogens with zero attached hydrogens (tertiary/aromatic N) is 4. The van der Waals surface area contributed by atoms with Crippen LogP contribution in [0.25, 0.3) is 0 Å². The summed E-state index contributed by atoms with van der Waals surface area (Å²) in [5, 5.41) is 35.4. The Balaban J connectivity index is 0.000000260. The summed E-state index contributed by atoms with van der Waals surface area (Å²) in [5.41, 5.74) is 2.57. The highest BCUT2D eigenvalue weighted by Gasteiger charge is 2.05. The van der Waals surface area contributed by atoms with Crippen molar-refractivity contribution in [2.45, 2.75) is 38.9 Å². The molecule has 0 aliphatic carbocycles. The number of aliphatic hydroxyl groups excluding tert-OH is 2. The summed E-state index contributed by atoms with van der Waals surface area (Å²) >= 11 is 6.46. The van der Waals surface area contributed by atoms with E-state index in [0.29, 0.717) is 33.2 Å². The lowest BCUT2D eigenvalue weighted by molar-refractivity contribution is 0.195. The fourth-order valence-electron chi connectivity index (χ4n) is 2.03. The van der Waals surface area contributed by atoms with Gasteiger partial charge in [-0.1, -0.05) is 0 Å². The van der Waals surface area contributed by atoms with Gasteiger partial charge in [-0.3, -0.25) is 0 Å². The van der Waals surface area contributed by atoms with Crippen LogP contribution in [0.4, 0.5) is 0 Å². The van der Waals surface area contributed by atoms with Crippen molar-refractivity contribution in [3.63, 3.8) is 0 Å². The van der Waals surface area contributed by atoms with E-state index in [1.54, 1.807) is 38.4 Å². The molecule has 0 bridgehead atoms. The lowest BCUT2D eigenvalue weighted by Crippen LogP contribution is -2.04. The lowest BCUT2D eigenvalue weighted by Gasteiger charge is -2.04. The monoisotopic (exact) mass is 480 g/mol. The number of hydrogen-bond donors (Lipinski definition) is 2. The molecule has 26 heavy (non-hydrogen) atoms. The second kappa shape index (κ2) is 11.0. The fourth-order valence-corrected chi connectivity index (χ4v) is 3.00. The number of aliphatic hydroxyl groups is 2. The van der Waals surface area contributed by atoms with Crippen molar-refractivity contribution in [1.29, 1.82) is 10.5 Å². The minimum Gasteiger partial charge on any atom is -0.393 e. The summed E-state index contributed by atoms with van der Waals surface area (Å²) in [6, 6.07) is 7.52. The summed E-state index contributed by atoms with van der Waals surface area (Å²) in [5.74, 6) is 0. The molecule has 2 rings (SSSR count). The van der Waals surface area contributed by atoms with Gasteiger partial charge in [-0.05, 0) is 81.8 Å². The minimum absolute atomic E-state index is 0.370. The Morgan fingerprint density at radius 3 is 1.46 bits per heavy atom. The van der Waals surface area contributed by atoms with E-state index >= 15 is 0 Å². The van der Waals surface area contributed by atoms with E-state index in [-0.39, 0.29) is 12.2 Å². The van der Waals surface area contributed by atoms with E-state index in [1.807, 2.05) is 12.1 Å². The molecule has 2 N–H and O–H groups in total. The Kier molecular flexibility index (Phi) is 9.39. The number of pyridine rings is 2. The Morgan fingerprint density at radius 2 is 1.23 bits per heavy atom. The summed E-state index contributed by atoms with van der Waals surface area (Å²) in [4.78, 5) is 7.86. The van der Waals surface area contributed by atoms with Gasteiger partial charge in [0.15, 0.2) is 11.4 Å². The molecule has 0 aliphatic heterocycles. The summed E-state index contributed by atoms with van der Waals surface area (Å²) < 4.78 is 1.35. The van der Waals surface area contributed by atoms with E-state index in [0.717, 1.165) is 11.1 Å². The van der Waals surface area contributed by atoms with E-state index in [9.17, 15) is 0 Å². The molecule has 0 spiro atoms. The average Bonchev–Trinajstić information content (AvgIpc) is 2.55. The maximum absolute atomic E-state index is 9.12.